The van der Waals surface area contributed by atoms with Crippen molar-refractivity contribution in [3.8, 4) is 0 Å². The van der Waals surface area contributed by atoms with E-state index in [1.165, 1.54) is 5.57 Å². The predicted molar refractivity (Wildman–Crippen MR) is 61.6 cm³/mol. The number of hydrogen-bond donors (Lipinski definition) is 1. The standard InChI is InChI=1S/C13H16O2/c14-13(15)11-7-2-1-4-8-12-9-5-3-6-10-12/h1-2,5,7,9-11H,3-4,6,8H2,(H,14,15)/b2-1+,11-7+. The summed E-state index contributed by atoms with van der Waals surface area (Å²) in [6.07, 6.45) is 17.4. The fourth-order valence-electron chi connectivity index (χ4n) is 1.42. The molecule has 0 amide bonds. The molecule has 0 spiro atoms. The SMILES string of the molecule is O=C(O)/C=C/C=C/CCC1=CCCC=C1. The molecule has 0 fully saturated rings. The second-order valence-electron chi connectivity index (χ2n) is 3.42. The summed E-state index contributed by atoms with van der Waals surface area (Å²) in [5.74, 6) is -0.905. The van der Waals surface area contributed by atoms with Gasteiger partial charge in [-0.2, -0.15) is 0 Å². The summed E-state index contributed by atoms with van der Waals surface area (Å²) >= 11 is 0. The van der Waals surface area contributed by atoms with E-state index in [0.29, 0.717) is 0 Å². The topological polar surface area (TPSA) is 37.3 Å². The van der Waals surface area contributed by atoms with Crippen molar-refractivity contribution in [3.63, 3.8) is 0 Å². The monoisotopic (exact) mass is 204 g/mol. The van der Waals surface area contributed by atoms with Gasteiger partial charge in [0.1, 0.15) is 0 Å². The Morgan fingerprint density at radius 2 is 2.27 bits per heavy atom. The van der Waals surface area contributed by atoms with Gasteiger partial charge >= 0.3 is 5.97 Å². The van der Waals surface area contributed by atoms with Crippen molar-refractivity contribution in [2.75, 3.05) is 0 Å². The Labute approximate surface area is 90.3 Å². The van der Waals surface area contributed by atoms with Gasteiger partial charge in [-0.15, -0.1) is 0 Å². The highest BCUT2D eigenvalue weighted by atomic mass is 16.4. The summed E-state index contributed by atoms with van der Waals surface area (Å²) in [6, 6.07) is 0. The second kappa shape index (κ2) is 6.82. The van der Waals surface area contributed by atoms with E-state index in [9.17, 15) is 4.79 Å². The van der Waals surface area contributed by atoms with E-state index in [4.69, 9.17) is 5.11 Å². The fraction of sp³-hybridized carbons (Fsp3) is 0.308. The highest BCUT2D eigenvalue weighted by Crippen LogP contribution is 2.14. The van der Waals surface area contributed by atoms with Crippen molar-refractivity contribution in [3.05, 3.63) is 48.1 Å². The molecular formula is C13H16O2. The van der Waals surface area contributed by atoms with E-state index in [-0.39, 0.29) is 0 Å². The molecule has 1 N–H and O–H groups in total. The molecule has 15 heavy (non-hydrogen) atoms. The molecule has 0 radical (unpaired) electrons. The number of carboxylic acid groups (broad SMARTS) is 1. The minimum Gasteiger partial charge on any atom is -0.478 e. The van der Waals surface area contributed by atoms with Gasteiger partial charge in [0.15, 0.2) is 0 Å². The summed E-state index contributed by atoms with van der Waals surface area (Å²) in [6.45, 7) is 0. The lowest BCUT2D eigenvalue weighted by Crippen LogP contribution is -1.85. The van der Waals surface area contributed by atoms with Gasteiger partial charge in [-0.3, -0.25) is 0 Å². The number of hydrogen-bond acceptors (Lipinski definition) is 1. The lowest BCUT2D eigenvalue weighted by molar-refractivity contribution is -0.131. The van der Waals surface area contributed by atoms with Crippen molar-refractivity contribution in [2.24, 2.45) is 0 Å². The van der Waals surface area contributed by atoms with Crippen molar-refractivity contribution >= 4 is 5.97 Å². The lowest BCUT2D eigenvalue weighted by atomic mass is 10.0. The van der Waals surface area contributed by atoms with Gasteiger partial charge in [0, 0.05) is 6.08 Å². The summed E-state index contributed by atoms with van der Waals surface area (Å²) in [7, 11) is 0. The van der Waals surface area contributed by atoms with E-state index in [1.54, 1.807) is 12.2 Å². The van der Waals surface area contributed by atoms with Gasteiger partial charge in [-0.05, 0) is 25.7 Å². The molecule has 0 atom stereocenters. The highest BCUT2D eigenvalue weighted by Gasteiger charge is 1.94. The summed E-state index contributed by atoms with van der Waals surface area (Å²) in [5, 5.41) is 8.33. The third-order valence-corrected chi connectivity index (χ3v) is 2.16. The Bertz CT molecular complexity index is 319. The molecule has 0 saturated carbocycles. The van der Waals surface area contributed by atoms with Crippen LogP contribution in [0.5, 0.6) is 0 Å². The largest absolute Gasteiger partial charge is 0.478 e. The van der Waals surface area contributed by atoms with Crippen LogP contribution in [0.1, 0.15) is 25.7 Å². The minimum absolute atomic E-state index is 0.905. The van der Waals surface area contributed by atoms with E-state index < -0.39 is 5.97 Å². The predicted octanol–water partition coefficient (Wildman–Crippen LogP) is 3.24. The number of aliphatic carboxylic acids is 1. The maximum atomic E-state index is 10.1. The van der Waals surface area contributed by atoms with Crippen molar-refractivity contribution in [2.45, 2.75) is 25.7 Å². The first kappa shape index (κ1) is 11.5. The van der Waals surface area contributed by atoms with Crippen molar-refractivity contribution in [1.82, 2.24) is 0 Å². The minimum atomic E-state index is -0.905. The first-order valence-corrected chi connectivity index (χ1v) is 5.21. The number of rotatable bonds is 5. The first-order valence-electron chi connectivity index (χ1n) is 5.21. The van der Waals surface area contributed by atoms with E-state index >= 15 is 0 Å². The Hall–Kier alpha value is -1.57. The molecule has 80 valence electrons. The van der Waals surface area contributed by atoms with Crippen LogP contribution >= 0.6 is 0 Å². The molecule has 0 bridgehead atoms. The van der Waals surface area contributed by atoms with E-state index in [0.717, 1.165) is 31.8 Å². The molecule has 0 aromatic carbocycles. The quantitative estimate of drug-likeness (QED) is 0.551. The Morgan fingerprint density at radius 3 is 2.93 bits per heavy atom. The molecule has 0 aromatic heterocycles. The van der Waals surface area contributed by atoms with Crippen LogP contribution in [0.15, 0.2) is 48.1 Å². The van der Waals surface area contributed by atoms with Gasteiger partial charge in [0.2, 0.25) is 0 Å². The number of carboxylic acids is 1. The van der Waals surface area contributed by atoms with E-state index in [2.05, 4.69) is 18.2 Å². The Balaban J connectivity index is 2.18. The Morgan fingerprint density at radius 1 is 1.40 bits per heavy atom. The molecule has 0 aromatic rings. The average Bonchev–Trinajstić information content (AvgIpc) is 2.24. The molecule has 2 nitrogen and oxygen atoms in total. The third kappa shape index (κ3) is 5.68. The number of carbonyl (C=O) groups is 1. The maximum absolute atomic E-state index is 10.1. The van der Waals surface area contributed by atoms with Crippen LogP contribution in [0.2, 0.25) is 0 Å². The smallest absolute Gasteiger partial charge is 0.328 e. The van der Waals surface area contributed by atoms with E-state index in [1.807, 2.05) is 6.08 Å². The summed E-state index contributed by atoms with van der Waals surface area (Å²) in [4.78, 5) is 10.1. The van der Waals surface area contributed by atoms with Gasteiger partial charge in [-0.1, -0.05) is 42.0 Å². The second-order valence-corrected chi connectivity index (χ2v) is 3.42. The third-order valence-electron chi connectivity index (χ3n) is 2.16. The molecule has 2 heteroatoms. The molecule has 1 aliphatic rings. The average molecular weight is 204 g/mol. The Kier molecular flexibility index (Phi) is 5.23. The van der Waals surface area contributed by atoms with Crippen LogP contribution in [0.25, 0.3) is 0 Å². The molecule has 0 saturated heterocycles. The number of allylic oxidation sites excluding steroid dienone is 7. The van der Waals surface area contributed by atoms with Crippen LogP contribution < -0.4 is 0 Å². The zero-order valence-corrected chi connectivity index (χ0v) is 8.73. The van der Waals surface area contributed by atoms with Gasteiger partial charge in [0.05, 0.1) is 0 Å². The van der Waals surface area contributed by atoms with Crippen LogP contribution in [0.3, 0.4) is 0 Å². The lowest BCUT2D eigenvalue weighted by Gasteiger charge is -2.03. The van der Waals surface area contributed by atoms with Crippen molar-refractivity contribution in [1.29, 1.82) is 0 Å². The molecule has 1 rings (SSSR count). The van der Waals surface area contributed by atoms with Crippen LogP contribution in [-0.2, 0) is 4.79 Å². The summed E-state index contributed by atoms with van der Waals surface area (Å²) < 4.78 is 0. The highest BCUT2D eigenvalue weighted by molar-refractivity contribution is 5.80. The van der Waals surface area contributed by atoms with Gasteiger partial charge in [-0.25, -0.2) is 4.79 Å². The van der Waals surface area contributed by atoms with Crippen LogP contribution in [0.4, 0.5) is 0 Å². The zero-order chi connectivity index (χ0) is 10.9. The molecule has 1 aliphatic carbocycles. The molecule has 0 aliphatic heterocycles. The zero-order valence-electron chi connectivity index (χ0n) is 8.73. The summed E-state index contributed by atoms with van der Waals surface area (Å²) in [5.41, 5.74) is 1.38. The van der Waals surface area contributed by atoms with Gasteiger partial charge < -0.3 is 5.11 Å². The van der Waals surface area contributed by atoms with Crippen LogP contribution in [-0.4, -0.2) is 11.1 Å². The maximum Gasteiger partial charge on any atom is 0.328 e. The molecular weight excluding hydrogens is 188 g/mol. The molecule has 0 heterocycles. The van der Waals surface area contributed by atoms with Gasteiger partial charge in [0.25, 0.3) is 0 Å². The van der Waals surface area contributed by atoms with Crippen molar-refractivity contribution < 1.29 is 9.90 Å². The normalized spacial score (nSPS) is 16.1. The van der Waals surface area contributed by atoms with Crippen LogP contribution in [0, 0.1) is 0 Å². The first-order chi connectivity index (χ1) is 7.29. The molecule has 0 unspecified atom stereocenters. The fourth-order valence-corrected chi connectivity index (χ4v) is 1.42.